The van der Waals surface area contributed by atoms with Crippen molar-refractivity contribution in [3.8, 4) is 11.5 Å². The van der Waals surface area contributed by atoms with E-state index < -0.39 is 48.0 Å². The van der Waals surface area contributed by atoms with E-state index in [1.54, 1.807) is 19.9 Å². The summed E-state index contributed by atoms with van der Waals surface area (Å²) in [7, 11) is 0. The zero-order valence-electron chi connectivity index (χ0n) is 24.1. The molecule has 0 heterocycles. The third-order valence-corrected chi connectivity index (χ3v) is 6.71. The van der Waals surface area contributed by atoms with Crippen LogP contribution in [-0.2, 0) is 23.9 Å². The van der Waals surface area contributed by atoms with Crippen molar-refractivity contribution in [1.29, 1.82) is 0 Å². The molecule has 0 amide bonds. The maximum atomic E-state index is 12.4. The average Bonchev–Trinajstić information content (AvgIpc) is 2.90. The molecule has 4 unspecified atom stereocenters. The number of hydrogen-bond acceptors (Lipinski definition) is 9. The van der Waals surface area contributed by atoms with Gasteiger partial charge in [-0.1, -0.05) is 59.9 Å². The number of carbonyl (C=O) groups excluding carboxylic acids is 3. The van der Waals surface area contributed by atoms with E-state index >= 15 is 0 Å². The molecule has 1 rings (SSSR count). The van der Waals surface area contributed by atoms with Gasteiger partial charge in [0.1, 0.15) is 12.1 Å². The zero-order valence-corrected chi connectivity index (χ0v) is 24.1. The summed E-state index contributed by atoms with van der Waals surface area (Å²) in [5, 5.41) is 9.75. The number of aliphatic carboxylic acids is 1. The van der Waals surface area contributed by atoms with E-state index in [4.69, 9.17) is 24.7 Å². The molecule has 10 heteroatoms. The Labute approximate surface area is 231 Å². The number of rotatable bonds is 17. The summed E-state index contributed by atoms with van der Waals surface area (Å²) in [5.74, 6) is -3.44. The molecule has 1 aromatic rings. The van der Waals surface area contributed by atoms with E-state index in [1.165, 1.54) is 12.1 Å². The first-order valence-corrected chi connectivity index (χ1v) is 13.8. The maximum Gasteiger partial charge on any atom is 0.508 e. The standard InChI is InChI=1S/C29H45NO9/c1-7-10-12-24(31)38-22-15-14-21(16-23(22)39-25(32)13-11-8-2)26(27(30)28(33)34)19(5)20(6)37-29(35)36-17-18(4)9-3/h14-16,18-20,26-27H,7-13,17,30H2,1-6H3,(H,33,34)/t18?,19?,20?,26?,27-/m0/s1. The van der Waals surface area contributed by atoms with Gasteiger partial charge in [-0.25, -0.2) is 4.79 Å². The van der Waals surface area contributed by atoms with Crippen molar-refractivity contribution >= 4 is 24.1 Å². The first-order valence-electron chi connectivity index (χ1n) is 13.8. The molecule has 0 bridgehead atoms. The number of carboxylic acid groups (broad SMARTS) is 1. The molecule has 39 heavy (non-hydrogen) atoms. The highest BCUT2D eigenvalue weighted by Crippen LogP contribution is 2.37. The molecule has 0 spiro atoms. The molecule has 220 valence electrons. The Morgan fingerprint density at radius 1 is 0.897 bits per heavy atom. The van der Waals surface area contributed by atoms with Crippen LogP contribution < -0.4 is 15.2 Å². The number of nitrogens with two attached hydrogens (primary N) is 1. The molecule has 0 aliphatic heterocycles. The minimum absolute atomic E-state index is 0.00484. The van der Waals surface area contributed by atoms with E-state index in [-0.39, 0.29) is 36.9 Å². The van der Waals surface area contributed by atoms with Crippen molar-refractivity contribution < 1.29 is 43.2 Å². The number of hydrogen-bond donors (Lipinski definition) is 2. The molecule has 0 radical (unpaired) electrons. The fraction of sp³-hybridized carbons (Fsp3) is 0.655. The van der Waals surface area contributed by atoms with Gasteiger partial charge in [0.2, 0.25) is 0 Å². The van der Waals surface area contributed by atoms with Crippen molar-refractivity contribution in [3.05, 3.63) is 23.8 Å². The lowest BCUT2D eigenvalue weighted by Crippen LogP contribution is -2.42. The minimum atomic E-state index is -1.37. The van der Waals surface area contributed by atoms with Crippen LogP contribution in [0.5, 0.6) is 11.5 Å². The van der Waals surface area contributed by atoms with Gasteiger partial charge in [0.15, 0.2) is 11.5 Å². The normalized spacial score (nSPS) is 14.8. The molecule has 0 aliphatic carbocycles. The molecule has 0 aromatic heterocycles. The van der Waals surface area contributed by atoms with E-state index in [2.05, 4.69) is 0 Å². The smallest absolute Gasteiger partial charge is 0.480 e. The summed E-state index contributed by atoms with van der Waals surface area (Å²) < 4.78 is 21.6. The predicted molar refractivity (Wildman–Crippen MR) is 146 cm³/mol. The van der Waals surface area contributed by atoms with Crippen LogP contribution in [0.15, 0.2) is 18.2 Å². The molecular formula is C29H45NO9. The highest BCUT2D eigenvalue weighted by Gasteiger charge is 2.36. The van der Waals surface area contributed by atoms with Crippen LogP contribution in [-0.4, -0.2) is 47.9 Å². The highest BCUT2D eigenvalue weighted by molar-refractivity contribution is 5.77. The monoisotopic (exact) mass is 551 g/mol. The van der Waals surface area contributed by atoms with Gasteiger partial charge in [-0.15, -0.1) is 0 Å². The molecule has 3 N–H and O–H groups in total. The van der Waals surface area contributed by atoms with E-state index in [0.29, 0.717) is 18.4 Å². The Morgan fingerprint density at radius 3 is 1.97 bits per heavy atom. The predicted octanol–water partition coefficient (Wildman–Crippen LogP) is 5.60. The summed E-state index contributed by atoms with van der Waals surface area (Å²) in [5.41, 5.74) is 6.53. The summed E-state index contributed by atoms with van der Waals surface area (Å²) in [6.07, 6.45) is 2.47. The third-order valence-electron chi connectivity index (χ3n) is 6.71. The molecular weight excluding hydrogens is 506 g/mol. The summed E-state index contributed by atoms with van der Waals surface area (Å²) in [6, 6.07) is 3.12. The van der Waals surface area contributed by atoms with Crippen LogP contribution in [0.2, 0.25) is 0 Å². The first kappa shape index (κ1) is 33.9. The van der Waals surface area contributed by atoms with E-state index in [9.17, 15) is 24.3 Å². The number of unbranched alkanes of at least 4 members (excludes halogenated alkanes) is 2. The van der Waals surface area contributed by atoms with Crippen LogP contribution >= 0.6 is 0 Å². The van der Waals surface area contributed by atoms with Crippen LogP contribution in [0, 0.1) is 11.8 Å². The second-order valence-electron chi connectivity index (χ2n) is 10.0. The number of ether oxygens (including phenoxy) is 4. The van der Waals surface area contributed by atoms with Gasteiger partial charge in [-0.3, -0.25) is 14.4 Å². The molecule has 0 saturated carbocycles. The van der Waals surface area contributed by atoms with Gasteiger partial charge >= 0.3 is 24.1 Å². The molecule has 1 aromatic carbocycles. The van der Waals surface area contributed by atoms with E-state index in [0.717, 1.165) is 19.3 Å². The van der Waals surface area contributed by atoms with Gasteiger partial charge in [0, 0.05) is 24.7 Å². The Bertz CT molecular complexity index is 949. The SMILES string of the molecule is CCCCC(=O)Oc1ccc(C(C(C)C(C)OC(=O)OCC(C)CC)[C@H](N)C(=O)O)cc1OC(=O)CCCC. The minimum Gasteiger partial charge on any atom is -0.480 e. The summed E-state index contributed by atoms with van der Waals surface area (Å²) in [6.45, 7) is 11.4. The Morgan fingerprint density at radius 2 is 1.46 bits per heavy atom. The summed E-state index contributed by atoms with van der Waals surface area (Å²) in [4.78, 5) is 48.9. The second kappa shape index (κ2) is 17.4. The lowest BCUT2D eigenvalue weighted by molar-refractivity contribution is -0.140. The molecule has 0 fully saturated rings. The highest BCUT2D eigenvalue weighted by atomic mass is 16.7. The van der Waals surface area contributed by atoms with Gasteiger partial charge in [0.25, 0.3) is 0 Å². The van der Waals surface area contributed by atoms with Crippen molar-refractivity contribution in [3.63, 3.8) is 0 Å². The van der Waals surface area contributed by atoms with Crippen LogP contribution in [0.25, 0.3) is 0 Å². The number of benzene rings is 1. The number of carbonyl (C=O) groups is 4. The zero-order chi connectivity index (χ0) is 29.5. The lowest BCUT2D eigenvalue weighted by atomic mass is 9.79. The average molecular weight is 552 g/mol. The van der Waals surface area contributed by atoms with Gasteiger partial charge in [0.05, 0.1) is 6.61 Å². The Hall–Kier alpha value is -3.14. The van der Waals surface area contributed by atoms with Gasteiger partial charge in [-0.2, -0.15) is 0 Å². The molecule has 0 aliphatic rings. The largest absolute Gasteiger partial charge is 0.508 e. The topological polar surface area (TPSA) is 151 Å². The Kier molecular flexibility index (Phi) is 15.2. The van der Waals surface area contributed by atoms with Crippen molar-refractivity contribution in [2.75, 3.05) is 6.61 Å². The van der Waals surface area contributed by atoms with Gasteiger partial charge < -0.3 is 29.8 Å². The van der Waals surface area contributed by atoms with Crippen molar-refractivity contribution in [2.45, 2.75) is 105 Å². The number of esters is 2. The van der Waals surface area contributed by atoms with Crippen LogP contribution in [0.4, 0.5) is 4.79 Å². The first-order chi connectivity index (χ1) is 18.4. The van der Waals surface area contributed by atoms with Crippen molar-refractivity contribution in [1.82, 2.24) is 0 Å². The fourth-order valence-electron chi connectivity index (χ4n) is 3.79. The molecule has 5 atom stereocenters. The second-order valence-corrected chi connectivity index (χ2v) is 10.0. The maximum absolute atomic E-state index is 12.4. The quantitative estimate of drug-likeness (QED) is 0.185. The van der Waals surface area contributed by atoms with Crippen molar-refractivity contribution in [2.24, 2.45) is 17.6 Å². The fourth-order valence-corrected chi connectivity index (χ4v) is 3.79. The van der Waals surface area contributed by atoms with Gasteiger partial charge in [-0.05, 0) is 43.4 Å². The van der Waals surface area contributed by atoms with E-state index in [1.807, 2.05) is 27.7 Å². The third kappa shape index (κ3) is 11.6. The lowest BCUT2D eigenvalue weighted by Gasteiger charge is -2.31. The Balaban J connectivity index is 3.32. The van der Waals surface area contributed by atoms with Crippen LogP contribution in [0.3, 0.4) is 0 Å². The molecule has 10 nitrogen and oxygen atoms in total. The number of carboxylic acids is 1. The molecule has 0 saturated heterocycles. The van der Waals surface area contributed by atoms with Crippen LogP contribution in [0.1, 0.15) is 98.0 Å². The summed E-state index contributed by atoms with van der Waals surface area (Å²) >= 11 is 0.